The van der Waals surface area contributed by atoms with Crippen LogP contribution in [-0.2, 0) is 0 Å². The molecule has 6 heteroatoms. The number of hydrogen-bond acceptors (Lipinski definition) is 5. The number of aromatic nitrogens is 4. The number of aryl methyl sites for hydroxylation is 1. The van der Waals surface area contributed by atoms with Crippen LogP contribution in [0.4, 0.5) is 5.69 Å². The Hall–Kier alpha value is -2.21. The summed E-state index contributed by atoms with van der Waals surface area (Å²) in [4.78, 5) is 8.91. The summed E-state index contributed by atoms with van der Waals surface area (Å²) in [6.45, 7) is 4.11. The van der Waals surface area contributed by atoms with E-state index < -0.39 is 0 Å². The normalized spacial score (nSPS) is 12.3. The van der Waals surface area contributed by atoms with Gasteiger partial charge < -0.3 is 5.32 Å². The molecule has 0 saturated carbocycles. The lowest BCUT2D eigenvalue weighted by atomic mass is 10.2. The SMILES string of the molecule is Cc1nc(C(C)Nc2cccnc2-n2cccn2)cs1. The van der Waals surface area contributed by atoms with Crippen LogP contribution in [0.25, 0.3) is 5.82 Å². The van der Waals surface area contributed by atoms with Crippen LogP contribution in [0, 0.1) is 6.92 Å². The molecule has 0 aliphatic heterocycles. The van der Waals surface area contributed by atoms with Gasteiger partial charge in [0.2, 0.25) is 0 Å². The molecule has 3 rings (SSSR count). The van der Waals surface area contributed by atoms with Crippen LogP contribution in [0.15, 0.2) is 42.2 Å². The van der Waals surface area contributed by atoms with Crippen molar-refractivity contribution in [2.75, 3.05) is 5.32 Å². The maximum absolute atomic E-state index is 4.51. The number of thiazole rings is 1. The minimum atomic E-state index is 0.124. The number of rotatable bonds is 4. The fourth-order valence-electron chi connectivity index (χ4n) is 1.97. The molecule has 0 aliphatic carbocycles. The highest BCUT2D eigenvalue weighted by molar-refractivity contribution is 7.09. The lowest BCUT2D eigenvalue weighted by Crippen LogP contribution is -2.11. The van der Waals surface area contributed by atoms with Crippen LogP contribution >= 0.6 is 11.3 Å². The Morgan fingerprint density at radius 2 is 2.20 bits per heavy atom. The fourth-order valence-corrected chi connectivity index (χ4v) is 2.68. The molecule has 1 atom stereocenters. The molecule has 102 valence electrons. The van der Waals surface area contributed by atoms with E-state index in [9.17, 15) is 0 Å². The highest BCUT2D eigenvalue weighted by Crippen LogP contribution is 2.24. The van der Waals surface area contributed by atoms with Gasteiger partial charge in [-0.05, 0) is 32.0 Å². The molecule has 0 radical (unpaired) electrons. The molecule has 3 aromatic rings. The van der Waals surface area contributed by atoms with Gasteiger partial charge in [0.15, 0.2) is 5.82 Å². The Morgan fingerprint density at radius 3 is 2.90 bits per heavy atom. The molecule has 0 bridgehead atoms. The van der Waals surface area contributed by atoms with Crippen molar-refractivity contribution in [3.8, 4) is 5.82 Å². The molecule has 3 heterocycles. The second-order valence-electron chi connectivity index (χ2n) is 4.48. The highest BCUT2D eigenvalue weighted by Gasteiger charge is 2.12. The second kappa shape index (κ2) is 5.42. The summed E-state index contributed by atoms with van der Waals surface area (Å²) in [6.07, 6.45) is 5.39. The van der Waals surface area contributed by atoms with E-state index in [1.165, 1.54) is 0 Å². The van der Waals surface area contributed by atoms with Crippen molar-refractivity contribution in [1.82, 2.24) is 19.7 Å². The number of nitrogens with zero attached hydrogens (tertiary/aromatic N) is 4. The van der Waals surface area contributed by atoms with E-state index in [1.54, 1.807) is 28.4 Å². The van der Waals surface area contributed by atoms with Crippen LogP contribution in [-0.4, -0.2) is 19.7 Å². The first-order valence-electron chi connectivity index (χ1n) is 6.37. The van der Waals surface area contributed by atoms with Gasteiger partial charge in [-0.2, -0.15) is 5.10 Å². The smallest absolute Gasteiger partial charge is 0.176 e. The van der Waals surface area contributed by atoms with Crippen molar-refractivity contribution in [3.63, 3.8) is 0 Å². The third-order valence-electron chi connectivity index (χ3n) is 2.96. The zero-order valence-corrected chi connectivity index (χ0v) is 12.1. The van der Waals surface area contributed by atoms with Gasteiger partial charge in [-0.1, -0.05) is 0 Å². The van der Waals surface area contributed by atoms with Crippen LogP contribution < -0.4 is 5.32 Å². The third-order valence-corrected chi connectivity index (χ3v) is 3.75. The molecular formula is C14H15N5S. The molecule has 5 nitrogen and oxygen atoms in total. The van der Waals surface area contributed by atoms with Gasteiger partial charge in [0.1, 0.15) is 0 Å². The zero-order chi connectivity index (χ0) is 13.9. The molecule has 1 unspecified atom stereocenters. The van der Waals surface area contributed by atoms with E-state index in [1.807, 2.05) is 31.3 Å². The Bertz CT molecular complexity index is 689. The first kappa shape index (κ1) is 12.8. The van der Waals surface area contributed by atoms with Gasteiger partial charge >= 0.3 is 0 Å². The summed E-state index contributed by atoms with van der Waals surface area (Å²) >= 11 is 1.66. The molecule has 0 aliphatic rings. The summed E-state index contributed by atoms with van der Waals surface area (Å²) in [5, 5.41) is 10.8. The topological polar surface area (TPSA) is 55.6 Å². The maximum atomic E-state index is 4.51. The lowest BCUT2D eigenvalue weighted by Gasteiger charge is -2.15. The second-order valence-corrected chi connectivity index (χ2v) is 5.54. The van der Waals surface area contributed by atoms with Crippen molar-refractivity contribution >= 4 is 17.0 Å². The van der Waals surface area contributed by atoms with Crippen molar-refractivity contribution in [1.29, 1.82) is 0 Å². The molecule has 0 saturated heterocycles. The Morgan fingerprint density at radius 1 is 1.30 bits per heavy atom. The first-order chi connectivity index (χ1) is 9.74. The largest absolute Gasteiger partial charge is 0.374 e. The van der Waals surface area contributed by atoms with Gasteiger partial charge in [0.05, 0.1) is 22.4 Å². The summed E-state index contributed by atoms with van der Waals surface area (Å²) < 4.78 is 1.75. The van der Waals surface area contributed by atoms with E-state index in [0.29, 0.717) is 0 Å². The molecule has 0 amide bonds. The van der Waals surface area contributed by atoms with Gasteiger partial charge in [-0.15, -0.1) is 11.3 Å². The average molecular weight is 285 g/mol. The highest BCUT2D eigenvalue weighted by atomic mass is 32.1. The zero-order valence-electron chi connectivity index (χ0n) is 11.3. The monoisotopic (exact) mass is 285 g/mol. The standard InChI is InChI=1S/C14H15N5S/c1-10(13-9-20-11(2)18-13)17-12-5-3-6-15-14(12)19-8-4-7-16-19/h3-10,17H,1-2H3. The van der Waals surface area contributed by atoms with E-state index in [4.69, 9.17) is 0 Å². The van der Waals surface area contributed by atoms with Gasteiger partial charge in [-0.25, -0.2) is 14.6 Å². The first-order valence-corrected chi connectivity index (χ1v) is 7.25. The van der Waals surface area contributed by atoms with Crippen molar-refractivity contribution < 1.29 is 0 Å². The van der Waals surface area contributed by atoms with E-state index >= 15 is 0 Å². The minimum Gasteiger partial charge on any atom is -0.374 e. The Balaban J connectivity index is 1.88. The van der Waals surface area contributed by atoms with Crippen molar-refractivity contribution in [2.45, 2.75) is 19.9 Å². The molecule has 0 fully saturated rings. The maximum Gasteiger partial charge on any atom is 0.176 e. The van der Waals surface area contributed by atoms with Gasteiger partial charge in [0, 0.05) is 24.0 Å². The number of nitrogens with one attached hydrogen (secondary N) is 1. The van der Waals surface area contributed by atoms with E-state index in [-0.39, 0.29) is 6.04 Å². The quantitative estimate of drug-likeness (QED) is 0.799. The van der Waals surface area contributed by atoms with Gasteiger partial charge in [-0.3, -0.25) is 0 Å². The molecule has 0 aromatic carbocycles. The molecule has 0 spiro atoms. The lowest BCUT2D eigenvalue weighted by molar-refractivity contribution is 0.816. The van der Waals surface area contributed by atoms with Gasteiger partial charge in [0.25, 0.3) is 0 Å². The molecule has 20 heavy (non-hydrogen) atoms. The van der Waals surface area contributed by atoms with Crippen LogP contribution in [0.5, 0.6) is 0 Å². The fraction of sp³-hybridized carbons (Fsp3) is 0.214. The van der Waals surface area contributed by atoms with Crippen LogP contribution in [0.2, 0.25) is 0 Å². The summed E-state index contributed by atoms with van der Waals surface area (Å²) in [7, 11) is 0. The van der Waals surface area contributed by atoms with Crippen molar-refractivity contribution in [2.24, 2.45) is 0 Å². The molecule has 1 N–H and O–H groups in total. The number of pyridine rings is 1. The summed E-state index contributed by atoms with van der Waals surface area (Å²) in [5.41, 5.74) is 1.98. The van der Waals surface area contributed by atoms with Crippen molar-refractivity contribution in [3.05, 3.63) is 52.9 Å². The number of anilines is 1. The number of hydrogen-bond donors (Lipinski definition) is 1. The predicted octanol–water partition coefficient (Wildman–Crippen LogP) is 3.21. The summed E-state index contributed by atoms with van der Waals surface area (Å²) in [6, 6.07) is 5.92. The van der Waals surface area contributed by atoms with E-state index in [0.717, 1.165) is 22.2 Å². The Labute approximate surface area is 121 Å². The predicted molar refractivity (Wildman–Crippen MR) is 80.2 cm³/mol. The third kappa shape index (κ3) is 2.55. The molecule has 3 aromatic heterocycles. The van der Waals surface area contributed by atoms with E-state index in [2.05, 4.69) is 32.7 Å². The Kier molecular flexibility index (Phi) is 3.47. The minimum absolute atomic E-state index is 0.124. The van der Waals surface area contributed by atoms with Crippen LogP contribution in [0.1, 0.15) is 23.7 Å². The molecular weight excluding hydrogens is 270 g/mol. The average Bonchev–Trinajstić information content (AvgIpc) is 3.10. The van der Waals surface area contributed by atoms with Crippen LogP contribution in [0.3, 0.4) is 0 Å². The summed E-state index contributed by atoms with van der Waals surface area (Å²) in [5.74, 6) is 0.788.